The smallest absolute Gasteiger partial charge is 0.225 e. The Balaban J connectivity index is 1.72. The second kappa shape index (κ2) is 5.13. The second-order valence-corrected chi connectivity index (χ2v) is 4.19. The molecule has 1 aliphatic rings. The molecule has 0 unspecified atom stereocenters. The predicted octanol–water partition coefficient (Wildman–Crippen LogP) is 1.26. The van der Waals surface area contributed by atoms with E-state index >= 15 is 0 Å². The lowest BCUT2D eigenvalue weighted by Crippen LogP contribution is -2.34. The molecule has 19 heavy (non-hydrogen) atoms. The van der Waals surface area contributed by atoms with E-state index in [1.165, 1.54) is 0 Å². The summed E-state index contributed by atoms with van der Waals surface area (Å²) >= 11 is 0. The fourth-order valence-corrected chi connectivity index (χ4v) is 1.82. The Labute approximate surface area is 111 Å². The molecule has 0 spiro atoms. The number of furan rings is 1. The number of aliphatic imine (C=N–C) groups is 1. The Morgan fingerprint density at radius 3 is 2.74 bits per heavy atom. The van der Waals surface area contributed by atoms with Crippen molar-refractivity contribution in [1.82, 2.24) is 21.5 Å². The summed E-state index contributed by atoms with van der Waals surface area (Å²) < 4.78 is 5.77. The molecule has 98 valence electrons. The molecule has 0 atom stereocenters. The van der Waals surface area contributed by atoms with Crippen LogP contribution < -0.4 is 16.5 Å². The molecule has 2 heterocycles. The molecule has 0 radical (unpaired) electrons. The van der Waals surface area contributed by atoms with Crippen LogP contribution in [0.4, 0.5) is 0 Å². The van der Waals surface area contributed by atoms with E-state index in [2.05, 4.69) is 21.5 Å². The molecular formula is C13H15N5O. The van der Waals surface area contributed by atoms with Crippen LogP contribution in [0.5, 0.6) is 0 Å². The third kappa shape index (κ3) is 2.59. The van der Waals surface area contributed by atoms with Gasteiger partial charge in [0.1, 0.15) is 18.1 Å². The minimum Gasteiger partial charge on any atom is -0.459 e. The molecule has 0 saturated carbocycles. The van der Waals surface area contributed by atoms with Crippen LogP contribution in [0.15, 0.2) is 51.9 Å². The summed E-state index contributed by atoms with van der Waals surface area (Å²) in [5.41, 5.74) is 9.56. The van der Waals surface area contributed by atoms with Gasteiger partial charge < -0.3 is 4.42 Å². The average Bonchev–Trinajstić information content (AvgIpc) is 3.06. The van der Waals surface area contributed by atoms with E-state index in [0.29, 0.717) is 6.54 Å². The van der Waals surface area contributed by atoms with Crippen molar-refractivity contribution in [3.63, 3.8) is 0 Å². The van der Waals surface area contributed by atoms with Crippen molar-refractivity contribution in [2.75, 3.05) is 7.05 Å². The molecule has 6 nitrogen and oxygen atoms in total. The molecule has 0 aliphatic carbocycles. The van der Waals surface area contributed by atoms with E-state index in [9.17, 15) is 0 Å². The van der Waals surface area contributed by atoms with Crippen LogP contribution in [0.3, 0.4) is 0 Å². The molecule has 2 aromatic rings. The fraction of sp³-hybridized carbons (Fsp3) is 0.154. The first kappa shape index (κ1) is 11.8. The number of nitrogens with zero attached hydrogens (tertiary/aromatic N) is 2. The van der Waals surface area contributed by atoms with Gasteiger partial charge in [-0.3, -0.25) is 10.4 Å². The summed E-state index contributed by atoms with van der Waals surface area (Å²) in [7, 11) is 1.86. The summed E-state index contributed by atoms with van der Waals surface area (Å²) in [6.07, 6.45) is 0. The van der Waals surface area contributed by atoms with Crippen molar-refractivity contribution >= 4 is 5.96 Å². The normalized spacial score (nSPS) is 16.9. The third-order valence-corrected chi connectivity index (χ3v) is 2.82. The third-order valence-electron chi connectivity index (χ3n) is 2.82. The largest absolute Gasteiger partial charge is 0.459 e. The maximum Gasteiger partial charge on any atom is 0.225 e. The zero-order valence-electron chi connectivity index (χ0n) is 10.6. The summed E-state index contributed by atoms with van der Waals surface area (Å²) in [6, 6.07) is 13.9. The van der Waals surface area contributed by atoms with E-state index in [1.807, 2.05) is 49.5 Å². The van der Waals surface area contributed by atoms with Crippen LogP contribution in [-0.2, 0) is 6.54 Å². The number of hydrogen-bond acceptors (Lipinski definition) is 4. The van der Waals surface area contributed by atoms with E-state index < -0.39 is 0 Å². The van der Waals surface area contributed by atoms with Gasteiger partial charge in [-0.05, 0) is 12.1 Å². The van der Waals surface area contributed by atoms with Gasteiger partial charge in [-0.25, -0.2) is 4.99 Å². The molecule has 1 aromatic heterocycles. The van der Waals surface area contributed by atoms with Crippen molar-refractivity contribution in [3.05, 3.63) is 48.2 Å². The van der Waals surface area contributed by atoms with Gasteiger partial charge in [-0.1, -0.05) is 30.3 Å². The molecular weight excluding hydrogens is 242 g/mol. The summed E-state index contributed by atoms with van der Waals surface area (Å²) in [4.78, 5) is 4.39. The molecule has 1 aromatic carbocycles. The molecule has 3 N–H and O–H groups in total. The van der Waals surface area contributed by atoms with Crippen molar-refractivity contribution in [2.24, 2.45) is 4.99 Å². The second-order valence-electron chi connectivity index (χ2n) is 4.19. The highest BCUT2D eigenvalue weighted by molar-refractivity contribution is 5.79. The first-order chi connectivity index (χ1) is 9.33. The van der Waals surface area contributed by atoms with Crippen LogP contribution in [-0.4, -0.2) is 18.0 Å². The summed E-state index contributed by atoms with van der Waals surface area (Å²) in [5, 5.41) is 1.75. The number of hydrazine groups is 3. The Hall–Kier alpha value is -2.31. The maximum absolute atomic E-state index is 5.77. The van der Waals surface area contributed by atoms with Gasteiger partial charge in [0.25, 0.3) is 0 Å². The molecule has 3 rings (SSSR count). The van der Waals surface area contributed by atoms with Crippen LogP contribution >= 0.6 is 0 Å². The average molecular weight is 257 g/mol. The van der Waals surface area contributed by atoms with Gasteiger partial charge >= 0.3 is 0 Å². The molecule has 1 aliphatic heterocycles. The van der Waals surface area contributed by atoms with Crippen molar-refractivity contribution in [2.45, 2.75) is 6.54 Å². The predicted molar refractivity (Wildman–Crippen MR) is 72.5 cm³/mol. The Bertz CT molecular complexity index is 578. The Kier molecular flexibility index (Phi) is 3.18. The number of rotatable bonds is 3. The zero-order chi connectivity index (χ0) is 13.1. The van der Waals surface area contributed by atoms with Gasteiger partial charge in [0.2, 0.25) is 5.96 Å². The van der Waals surface area contributed by atoms with Gasteiger partial charge in [0, 0.05) is 12.6 Å². The van der Waals surface area contributed by atoms with Gasteiger partial charge in [-0.15, -0.1) is 5.53 Å². The number of hydrogen-bond donors (Lipinski definition) is 3. The van der Waals surface area contributed by atoms with Gasteiger partial charge in [0.15, 0.2) is 0 Å². The van der Waals surface area contributed by atoms with E-state index in [4.69, 9.17) is 4.42 Å². The minimum absolute atomic E-state index is 0.489. The maximum atomic E-state index is 5.77. The van der Waals surface area contributed by atoms with Crippen LogP contribution in [0, 0.1) is 0 Å². The molecule has 0 bridgehead atoms. The number of guanidine groups is 1. The minimum atomic E-state index is 0.489. The van der Waals surface area contributed by atoms with Gasteiger partial charge in [-0.2, -0.15) is 5.53 Å². The highest BCUT2D eigenvalue weighted by atomic mass is 16.3. The molecule has 1 saturated heterocycles. The first-order valence-corrected chi connectivity index (χ1v) is 6.02. The van der Waals surface area contributed by atoms with Crippen LogP contribution in [0.25, 0.3) is 11.3 Å². The topological polar surface area (TPSA) is 64.8 Å². The number of nitrogens with one attached hydrogen (secondary N) is 3. The lowest BCUT2D eigenvalue weighted by atomic mass is 10.2. The molecule has 1 fully saturated rings. The highest BCUT2D eigenvalue weighted by Crippen LogP contribution is 2.22. The van der Waals surface area contributed by atoms with Crippen molar-refractivity contribution in [1.29, 1.82) is 0 Å². The van der Waals surface area contributed by atoms with Gasteiger partial charge in [0.05, 0.1) is 0 Å². The molecule has 0 amide bonds. The number of benzene rings is 1. The lowest BCUT2D eigenvalue weighted by Gasteiger charge is -2.06. The summed E-state index contributed by atoms with van der Waals surface area (Å²) in [5.74, 6) is 2.41. The first-order valence-electron chi connectivity index (χ1n) is 6.02. The Morgan fingerprint density at radius 1 is 1.16 bits per heavy atom. The SMILES string of the molecule is CN1NNNC1=NCc1ccc(-c2ccccc2)o1. The molecule has 6 heteroatoms. The van der Waals surface area contributed by atoms with E-state index in [1.54, 1.807) is 5.01 Å². The standard InChI is InChI=1S/C13H15N5O/c1-18-13(15-16-17-18)14-9-11-7-8-12(19-11)10-5-3-2-4-6-10/h2-8,16-17H,9H2,1H3,(H,14,15). The van der Waals surface area contributed by atoms with Crippen LogP contribution in [0.1, 0.15) is 5.76 Å². The monoisotopic (exact) mass is 257 g/mol. The summed E-state index contributed by atoms with van der Waals surface area (Å²) in [6.45, 7) is 0.489. The lowest BCUT2D eigenvalue weighted by molar-refractivity contribution is 0.354. The van der Waals surface area contributed by atoms with E-state index in [-0.39, 0.29) is 0 Å². The van der Waals surface area contributed by atoms with Crippen molar-refractivity contribution in [3.8, 4) is 11.3 Å². The quantitative estimate of drug-likeness (QED) is 0.772. The zero-order valence-corrected chi connectivity index (χ0v) is 10.6. The fourth-order valence-electron chi connectivity index (χ4n) is 1.82. The van der Waals surface area contributed by atoms with Crippen LogP contribution in [0.2, 0.25) is 0 Å². The Morgan fingerprint density at radius 2 is 2.00 bits per heavy atom. The van der Waals surface area contributed by atoms with E-state index in [0.717, 1.165) is 23.0 Å². The highest BCUT2D eigenvalue weighted by Gasteiger charge is 2.12. The van der Waals surface area contributed by atoms with Crippen molar-refractivity contribution < 1.29 is 4.42 Å².